The molecular formula is C14H21ClN2OS. The molecule has 106 valence electrons. The molecule has 3 rings (SSSR count). The molecule has 2 unspecified atom stereocenters. The van der Waals surface area contributed by atoms with Crippen LogP contribution in [0.25, 0.3) is 0 Å². The molecule has 5 heteroatoms. The van der Waals surface area contributed by atoms with Gasteiger partial charge < -0.3 is 11.1 Å². The second-order valence-corrected chi connectivity index (χ2v) is 6.48. The van der Waals surface area contributed by atoms with Gasteiger partial charge in [-0.15, -0.1) is 12.4 Å². The van der Waals surface area contributed by atoms with Crippen molar-refractivity contribution in [3.05, 3.63) is 16.8 Å². The van der Waals surface area contributed by atoms with Crippen LogP contribution in [-0.4, -0.2) is 11.9 Å². The zero-order valence-corrected chi connectivity index (χ0v) is 12.5. The zero-order valence-electron chi connectivity index (χ0n) is 10.9. The van der Waals surface area contributed by atoms with Crippen LogP contribution in [0.1, 0.15) is 32.1 Å². The van der Waals surface area contributed by atoms with E-state index in [2.05, 4.69) is 5.32 Å². The molecule has 2 fully saturated rings. The van der Waals surface area contributed by atoms with Gasteiger partial charge in [-0.1, -0.05) is 6.42 Å². The molecule has 0 aliphatic heterocycles. The highest BCUT2D eigenvalue weighted by Crippen LogP contribution is 2.42. The van der Waals surface area contributed by atoms with Crippen LogP contribution in [0.15, 0.2) is 16.8 Å². The van der Waals surface area contributed by atoms with Gasteiger partial charge >= 0.3 is 0 Å². The second-order valence-electron chi connectivity index (χ2n) is 5.70. The van der Waals surface area contributed by atoms with E-state index in [0.29, 0.717) is 17.9 Å². The average Bonchev–Trinajstić information content (AvgIpc) is 2.81. The summed E-state index contributed by atoms with van der Waals surface area (Å²) < 4.78 is 0. The molecule has 3 nitrogen and oxygen atoms in total. The van der Waals surface area contributed by atoms with E-state index >= 15 is 0 Å². The van der Waals surface area contributed by atoms with Crippen LogP contribution in [0.2, 0.25) is 0 Å². The monoisotopic (exact) mass is 300 g/mol. The third-order valence-electron chi connectivity index (χ3n) is 4.57. The predicted molar refractivity (Wildman–Crippen MR) is 81.7 cm³/mol. The first-order valence-corrected chi connectivity index (χ1v) is 7.77. The lowest BCUT2D eigenvalue weighted by Gasteiger charge is -2.43. The molecule has 3 N–H and O–H groups in total. The van der Waals surface area contributed by atoms with Gasteiger partial charge in [-0.2, -0.15) is 11.3 Å². The molecule has 0 spiro atoms. The van der Waals surface area contributed by atoms with Crippen molar-refractivity contribution in [2.24, 2.45) is 23.5 Å². The average molecular weight is 301 g/mol. The van der Waals surface area contributed by atoms with Crippen molar-refractivity contribution in [1.29, 1.82) is 0 Å². The van der Waals surface area contributed by atoms with Crippen LogP contribution in [-0.2, 0) is 4.79 Å². The van der Waals surface area contributed by atoms with Gasteiger partial charge in [0.2, 0.25) is 5.91 Å². The van der Waals surface area contributed by atoms with Gasteiger partial charge in [-0.05, 0) is 49.0 Å². The highest BCUT2D eigenvalue weighted by molar-refractivity contribution is 7.08. The van der Waals surface area contributed by atoms with E-state index in [1.165, 1.54) is 19.3 Å². The minimum Gasteiger partial charge on any atom is -0.327 e. The number of rotatable bonds is 2. The Morgan fingerprint density at radius 3 is 2.58 bits per heavy atom. The fourth-order valence-corrected chi connectivity index (χ4v) is 4.17. The van der Waals surface area contributed by atoms with Gasteiger partial charge in [-0.3, -0.25) is 4.79 Å². The van der Waals surface area contributed by atoms with Crippen LogP contribution < -0.4 is 11.1 Å². The van der Waals surface area contributed by atoms with Gasteiger partial charge in [0.15, 0.2) is 0 Å². The summed E-state index contributed by atoms with van der Waals surface area (Å²) in [5.74, 6) is 1.49. The molecule has 0 saturated heterocycles. The molecular weight excluding hydrogens is 280 g/mol. The lowest BCUT2D eigenvalue weighted by atomic mass is 9.65. The summed E-state index contributed by atoms with van der Waals surface area (Å²) in [5.41, 5.74) is 7.19. The summed E-state index contributed by atoms with van der Waals surface area (Å²) in [6.07, 6.45) is 5.67. The molecule has 2 saturated carbocycles. The molecule has 1 aromatic heterocycles. The standard InChI is InChI=1S/C14H20N2OS.ClH/c15-13-9-2-1-3-10(13)7-11(6-9)14(17)16-12-4-5-18-8-12;/h4-5,8-11,13H,1-3,6-7,15H2,(H,16,17);1H. The Balaban J connectivity index is 0.00000133. The summed E-state index contributed by atoms with van der Waals surface area (Å²) in [5, 5.41) is 6.99. The van der Waals surface area contributed by atoms with Crippen LogP contribution in [0, 0.1) is 17.8 Å². The summed E-state index contributed by atoms with van der Waals surface area (Å²) in [6.45, 7) is 0. The zero-order chi connectivity index (χ0) is 12.5. The number of nitrogens with two attached hydrogens (primary N) is 1. The molecule has 1 aromatic rings. The van der Waals surface area contributed by atoms with Gasteiger partial charge in [0.05, 0.1) is 5.69 Å². The minimum absolute atomic E-state index is 0. The maximum absolute atomic E-state index is 12.3. The molecule has 1 amide bonds. The third-order valence-corrected chi connectivity index (χ3v) is 5.26. The van der Waals surface area contributed by atoms with Gasteiger partial charge in [-0.25, -0.2) is 0 Å². The Labute approximate surface area is 124 Å². The number of carbonyl (C=O) groups is 1. The molecule has 0 aromatic carbocycles. The molecule has 2 bridgehead atoms. The number of thiophene rings is 1. The van der Waals surface area contributed by atoms with E-state index in [1.54, 1.807) is 11.3 Å². The van der Waals surface area contributed by atoms with Crippen molar-refractivity contribution in [1.82, 2.24) is 0 Å². The van der Waals surface area contributed by atoms with E-state index in [-0.39, 0.29) is 24.2 Å². The molecule has 0 radical (unpaired) electrons. The highest BCUT2D eigenvalue weighted by atomic mass is 35.5. The van der Waals surface area contributed by atoms with Crippen LogP contribution in [0.5, 0.6) is 0 Å². The Hall–Kier alpha value is -0.580. The highest BCUT2D eigenvalue weighted by Gasteiger charge is 2.40. The maximum Gasteiger partial charge on any atom is 0.227 e. The first-order valence-electron chi connectivity index (χ1n) is 6.82. The van der Waals surface area contributed by atoms with Crippen molar-refractivity contribution >= 4 is 35.3 Å². The largest absolute Gasteiger partial charge is 0.327 e. The number of amides is 1. The van der Waals surface area contributed by atoms with Crippen molar-refractivity contribution in [3.63, 3.8) is 0 Å². The Morgan fingerprint density at radius 1 is 1.32 bits per heavy atom. The molecule has 2 aliphatic rings. The minimum atomic E-state index is 0. The van der Waals surface area contributed by atoms with Gasteiger partial charge in [0.25, 0.3) is 0 Å². The third kappa shape index (κ3) is 3.12. The Morgan fingerprint density at radius 2 is 2.00 bits per heavy atom. The van der Waals surface area contributed by atoms with E-state index in [4.69, 9.17) is 5.73 Å². The number of hydrogen-bond acceptors (Lipinski definition) is 3. The molecule has 2 aliphatic carbocycles. The topological polar surface area (TPSA) is 55.1 Å². The van der Waals surface area contributed by atoms with E-state index < -0.39 is 0 Å². The molecule has 2 atom stereocenters. The fraction of sp³-hybridized carbons (Fsp3) is 0.643. The summed E-state index contributed by atoms with van der Waals surface area (Å²) >= 11 is 1.61. The maximum atomic E-state index is 12.3. The first kappa shape index (κ1) is 14.8. The SMILES string of the molecule is Cl.NC1C2CCCC1CC(C(=O)Nc1ccsc1)C2. The number of anilines is 1. The molecule has 19 heavy (non-hydrogen) atoms. The normalized spacial score (nSPS) is 33.3. The van der Waals surface area contributed by atoms with Crippen LogP contribution in [0.3, 0.4) is 0 Å². The molecule has 1 heterocycles. The van der Waals surface area contributed by atoms with Crippen molar-refractivity contribution in [3.8, 4) is 0 Å². The lowest BCUT2D eigenvalue weighted by Crippen LogP contribution is -2.48. The van der Waals surface area contributed by atoms with Gasteiger partial charge in [0, 0.05) is 17.3 Å². The Kier molecular flexibility index (Phi) is 4.87. The van der Waals surface area contributed by atoms with Crippen molar-refractivity contribution < 1.29 is 4.79 Å². The number of carbonyl (C=O) groups excluding carboxylic acids is 1. The van der Waals surface area contributed by atoms with Crippen LogP contribution >= 0.6 is 23.7 Å². The van der Waals surface area contributed by atoms with E-state index in [0.717, 1.165) is 18.5 Å². The second kappa shape index (κ2) is 6.25. The van der Waals surface area contributed by atoms with Crippen molar-refractivity contribution in [2.45, 2.75) is 38.1 Å². The van der Waals surface area contributed by atoms with E-state index in [1.807, 2.05) is 16.8 Å². The van der Waals surface area contributed by atoms with Crippen molar-refractivity contribution in [2.75, 3.05) is 5.32 Å². The smallest absolute Gasteiger partial charge is 0.227 e. The summed E-state index contributed by atoms with van der Waals surface area (Å²) in [4.78, 5) is 12.3. The number of hydrogen-bond donors (Lipinski definition) is 2. The summed E-state index contributed by atoms with van der Waals surface area (Å²) in [6, 6.07) is 2.29. The van der Waals surface area contributed by atoms with Crippen LogP contribution in [0.4, 0.5) is 5.69 Å². The Bertz CT molecular complexity index is 409. The quantitative estimate of drug-likeness (QED) is 0.881. The van der Waals surface area contributed by atoms with E-state index in [9.17, 15) is 4.79 Å². The van der Waals surface area contributed by atoms with Gasteiger partial charge in [0.1, 0.15) is 0 Å². The number of halogens is 1. The first-order chi connectivity index (χ1) is 8.74. The predicted octanol–water partition coefficient (Wildman–Crippen LogP) is 3.26. The summed E-state index contributed by atoms with van der Waals surface area (Å²) in [7, 11) is 0. The lowest BCUT2D eigenvalue weighted by molar-refractivity contribution is -0.122. The number of fused-ring (bicyclic) bond motifs is 2. The fourth-order valence-electron chi connectivity index (χ4n) is 3.58. The number of nitrogens with one attached hydrogen (secondary N) is 1.